The summed E-state index contributed by atoms with van der Waals surface area (Å²) in [6.45, 7) is 10.8. The molecule has 0 spiro atoms. The molecule has 1 N–H and O–H groups in total. The quantitative estimate of drug-likeness (QED) is 0.645. The number of nitrogens with one attached hydrogen (secondary N) is 1. The van der Waals surface area contributed by atoms with Gasteiger partial charge in [0.2, 0.25) is 5.91 Å². The molecule has 0 aromatic heterocycles. The summed E-state index contributed by atoms with van der Waals surface area (Å²) in [4.78, 5) is 15.5. The topological polar surface area (TPSA) is 35.6 Å². The van der Waals surface area contributed by atoms with Crippen LogP contribution >= 0.6 is 0 Å². The molecule has 1 amide bonds. The van der Waals surface area contributed by atoms with E-state index in [2.05, 4.69) is 31.0 Å². The predicted molar refractivity (Wildman–Crippen MR) is 77.8 cm³/mol. The van der Waals surface area contributed by atoms with Gasteiger partial charge in [-0.3, -0.25) is 4.79 Å². The lowest BCUT2D eigenvalue weighted by Crippen LogP contribution is -2.32. The van der Waals surface area contributed by atoms with Crippen LogP contribution in [0, 0.1) is 0 Å². The fourth-order valence-electron chi connectivity index (χ4n) is 1.91. The van der Waals surface area contributed by atoms with E-state index in [-0.39, 0.29) is 5.91 Å². The van der Waals surface area contributed by atoms with Gasteiger partial charge in [-0.2, -0.15) is 0 Å². The van der Waals surface area contributed by atoms with Gasteiger partial charge >= 0.3 is 0 Å². The van der Waals surface area contributed by atoms with Gasteiger partial charge in [0, 0.05) is 33.1 Å². The van der Waals surface area contributed by atoms with Gasteiger partial charge in [0.25, 0.3) is 0 Å². The van der Waals surface area contributed by atoms with Crippen LogP contribution in [0.1, 0.15) is 40.0 Å². The highest BCUT2D eigenvalue weighted by Crippen LogP contribution is 1.99. The fraction of sp³-hybridized carbons (Fsp3) is 0.929. The lowest BCUT2D eigenvalue weighted by Gasteiger charge is -2.20. The second-order valence-corrected chi connectivity index (χ2v) is 5.06. The molecular weight excluding hydrogens is 226 g/mol. The van der Waals surface area contributed by atoms with Gasteiger partial charge in [-0.05, 0) is 39.4 Å². The number of hydrogen-bond donors (Lipinski definition) is 1. The molecule has 0 fully saturated rings. The Balaban J connectivity index is 3.54. The standard InChI is InChI=1S/C14H31N3O/c1-6-17(7-2)12-8-9-13(3)15-11-10-14(18)16(4)5/h13,15H,6-12H2,1-5H3. The fourth-order valence-corrected chi connectivity index (χ4v) is 1.91. The zero-order valence-corrected chi connectivity index (χ0v) is 12.8. The predicted octanol–water partition coefficient (Wildman–Crippen LogP) is 1.56. The zero-order chi connectivity index (χ0) is 14.0. The van der Waals surface area contributed by atoms with Crippen LogP contribution in [0.4, 0.5) is 0 Å². The minimum Gasteiger partial charge on any atom is -0.349 e. The van der Waals surface area contributed by atoms with Crippen molar-refractivity contribution >= 4 is 5.91 Å². The molecule has 0 aliphatic carbocycles. The molecule has 0 aliphatic heterocycles. The summed E-state index contributed by atoms with van der Waals surface area (Å²) < 4.78 is 0. The van der Waals surface area contributed by atoms with E-state index in [9.17, 15) is 4.79 Å². The van der Waals surface area contributed by atoms with Crippen LogP contribution in [0.3, 0.4) is 0 Å². The first-order chi connectivity index (χ1) is 8.51. The number of rotatable bonds is 10. The third-order valence-corrected chi connectivity index (χ3v) is 3.34. The van der Waals surface area contributed by atoms with E-state index in [0.29, 0.717) is 12.5 Å². The van der Waals surface area contributed by atoms with E-state index >= 15 is 0 Å². The van der Waals surface area contributed by atoms with Crippen molar-refractivity contribution in [2.45, 2.75) is 46.1 Å². The SMILES string of the molecule is CCN(CC)CCCC(C)NCCC(=O)N(C)C. The molecular formula is C14H31N3O. The Bertz CT molecular complexity index is 215. The highest BCUT2D eigenvalue weighted by Gasteiger charge is 2.06. The van der Waals surface area contributed by atoms with Crippen LogP contribution in [0.5, 0.6) is 0 Å². The van der Waals surface area contributed by atoms with Crippen molar-refractivity contribution in [3.63, 3.8) is 0 Å². The van der Waals surface area contributed by atoms with E-state index in [1.165, 1.54) is 19.4 Å². The molecule has 108 valence electrons. The van der Waals surface area contributed by atoms with Crippen LogP contribution in [-0.4, -0.2) is 62.0 Å². The lowest BCUT2D eigenvalue weighted by atomic mass is 10.1. The second-order valence-electron chi connectivity index (χ2n) is 5.06. The number of nitrogens with zero attached hydrogens (tertiary/aromatic N) is 2. The van der Waals surface area contributed by atoms with Crippen molar-refractivity contribution in [3.8, 4) is 0 Å². The molecule has 0 aromatic carbocycles. The Hall–Kier alpha value is -0.610. The van der Waals surface area contributed by atoms with Gasteiger partial charge in [0.05, 0.1) is 0 Å². The Labute approximate surface area is 113 Å². The highest BCUT2D eigenvalue weighted by molar-refractivity contribution is 5.75. The van der Waals surface area contributed by atoms with Crippen molar-refractivity contribution in [3.05, 3.63) is 0 Å². The van der Waals surface area contributed by atoms with Crippen molar-refractivity contribution in [1.29, 1.82) is 0 Å². The Kier molecular flexibility index (Phi) is 9.98. The van der Waals surface area contributed by atoms with Crippen molar-refractivity contribution in [2.24, 2.45) is 0 Å². The Morgan fingerprint density at radius 2 is 1.83 bits per heavy atom. The first kappa shape index (κ1) is 17.4. The molecule has 0 aromatic rings. The zero-order valence-electron chi connectivity index (χ0n) is 12.8. The monoisotopic (exact) mass is 257 g/mol. The smallest absolute Gasteiger partial charge is 0.223 e. The molecule has 0 radical (unpaired) electrons. The van der Waals surface area contributed by atoms with Crippen LogP contribution < -0.4 is 5.32 Å². The lowest BCUT2D eigenvalue weighted by molar-refractivity contribution is -0.128. The maximum absolute atomic E-state index is 11.4. The number of amides is 1. The summed E-state index contributed by atoms with van der Waals surface area (Å²) in [5, 5.41) is 3.41. The Morgan fingerprint density at radius 3 is 2.33 bits per heavy atom. The molecule has 4 nitrogen and oxygen atoms in total. The summed E-state index contributed by atoms with van der Waals surface area (Å²) in [6.07, 6.45) is 2.98. The Morgan fingerprint density at radius 1 is 1.22 bits per heavy atom. The normalized spacial score (nSPS) is 12.8. The number of carbonyl (C=O) groups excluding carboxylic acids is 1. The van der Waals surface area contributed by atoms with Crippen molar-refractivity contribution < 1.29 is 4.79 Å². The summed E-state index contributed by atoms with van der Waals surface area (Å²) in [6, 6.07) is 0.496. The van der Waals surface area contributed by atoms with E-state index in [1.807, 2.05) is 0 Å². The third-order valence-electron chi connectivity index (χ3n) is 3.34. The van der Waals surface area contributed by atoms with Gasteiger partial charge < -0.3 is 15.1 Å². The molecule has 1 unspecified atom stereocenters. The van der Waals surface area contributed by atoms with Gasteiger partial charge in [0.15, 0.2) is 0 Å². The van der Waals surface area contributed by atoms with Crippen LogP contribution in [0.15, 0.2) is 0 Å². The van der Waals surface area contributed by atoms with Crippen LogP contribution in [0.25, 0.3) is 0 Å². The molecule has 0 heterocycles. The molecule has 18 heavy (non-hydrogen) atoms. The first-order valence-electron chi connectivity index (χ1n) is 7.17. The first-order valence-corrected chi connectivity index (χ1v) is 7.17. The summed E-state index contributed by atoms with van der Waals surface area (Å²) in [5.74, 6) is 0.192. The van der Waals surface area contributed by atoms with Gasteiger partial charge in [0.1, 0.15) is 0 Å². The molecule has 0 saturated carbocycles. The van der Waals surface area contributed by atoms with Crippen molar-refractivity contribution in [1.82, 2.24) is 15.1 Å². The van der Waals surface area contributed by atoms with E-state index < -0.39 is 0 Å². The molecule has 0 rings (SSSR count). The maximum Gasteiger partial charge on any atom is 0.223 e. The largest absolute Gasteiger partial charge is 0.349 e. The average molecular weight is 257 g/mol. The van der Waals surface area contributed by atoms with Crippen molar-refractivity contribution in [2.75, 3.05) is 40.3 Å². The van der Waals surface area contributed by atoms with E-state index in [1.54, 1.807) is 19.0 Å². The van der Waals surface area contributed by atoms with Gasteiger partial charge in [-0.15, -0.1) is 0 Å². The van der Waals surface area contributed by atoms with E-state index in [4.69, 9.17) is 0 Å². The number of carbonyl (C=O) groups is 1. The molecule has 4 heteroatoms. The summed E-state index contributed by atoms with van der Waals surface area (Å²) >= 11 is 0. The van der Waals surface area contributed by atoms with Gasteiger partial charge in [-0.25, -0.2) is 0 Å². The minimum absolute atomic E-state index is 0.192. The average Bonchev–Trinajstić information content (AvgIpc) is 2.34. The summed E-state index contributed by atoms with van der Waals surface area (Å²) in [5.41, 5.74) is 0. The second kappa shape index (κ2) is 10.3. The minimum atomic E-state index is 0.192. The maximum atomic E-state index is 11.4. The molecule has 0 aliphatic rings. The van der Waals surface area contributed by atoms with Crippen LogP contribution in [-0.2, 0) is 4.79 Å². The molecule has 0 saturated heterocycles. The molecule has 0 bridgehead atoms. The summed E-state index contributed by atoms with van der Waals surface area (Å²) in [7, 11) is 3.60. The third kappa shape index (κ3) is 8.48. The number of hydrogen-bond acceptors (Lipinski definition) is 3. The highest BCUT2D eigenvalue weighted by atomic mass is 16.2. The van der Waals surface area contributed by atoms with Gasteiger partial charge in [-0.1, -0.05) is 13.8 Å². The molecule has 1 atom stereocenters. The van der Waals surface area contributed by atoms with E-state index in [0.717, 1.165) is 19.6 Å². The van der Waals surface area contributed by atoms with Crippen LogP contribution in [0.2, 0.25) is 0 Å².